The van der Waals surface area contributed by atoms with Crippen LogP contribution >= 0.6 is 0 Å². The van der Waals surface area contributed by atoms with Crippen molar-refractivity contribution in [3.8, 4) is 5.75 Å². The number of furan rings is 1. The van der Waals surface area contributed by atoms with Crippen molar-refractivity contribution in [1.82, 2.24) is 14.8 Å². The Morgan fingerprint density at radius 3 is 2.85 bits per heavy atom. The van der Waals surface area contributed by atoms with Gasteiger partial charge in [-0.05, 0) is 29.8 Å². The molecular weight excluding hydrogens is 344 g/mol. The van der Waals surface area contributed by atoms with Crippen LogP contribution in [0.1, 0.15) is 29.7 Å². The van der Waals surface area contributed by atoms with Crippen LogP contribution in [0.4, 0.5) is 5.95 Å². The van der Waals surface area contributed by atoms with Crippen molar-refractivity contribution in [2.24, 2.45) is 5.92 Å². The molecule has 2 aromatic heterocycles. The Bertz CT molecular complexity index is 1000. The van der Waals surface area contributed by atoms with E-state index in [1.165, 1.54) is 6.33 Å². The van der Waals surface area contributed by atoms with E-state index >= 15 is 0 Å². The number of carbonyl (C=O) groups excluding carboxylic acids is 1. The van der Waals surface area contributed by atoms with E-state index in [1.54, 1.807) is 18.1 Å². The largest absolute Gasteiger partial charge is 0.497 e. The summed E-state index contributed by atoms with van der Waals surface area (Å²) in [5.41, 5.74) is 1.94. The highest BCUT2D eigenvalue weighted by Crippen LogP contribution is 2.44. The van der Waals surface area contributed by atoms with Crippen molar-refractivity contribution >= 4 is 11.7 Å². The van der Waals surface area contributed by atoms with Gasteiger partial charge in [0.15, 0.2) is 0 Å². The van der Waals surface area contributed by atoms with Crippen LogP contribution in [-0.2, 0) is 4.79 Å². The van der Waals surface area contributed by atoms with E-state index in [9.17, 15) is 4.79 Å². The fourth-order valence-electron chi connectivity index (χ4n) is 3.99. The Kier molecular flexibility index (Phi) is 3.60. The van der Waals surface area contributed by atoms with Gasteiger partial charge in [-0.25, -0.2) is 4.68 Å². The maximum absolute atomic E-state index is 13.2. The zero-order valence-electron chi connectivity index (χ0n) is 14.7. The average Bonchev–Trinajstić information content (AvgIpc) is 3.38. The molecule has 3 aromatic rings. The molecule has 1 aromatic carbocycles. The molecule has 1 N–H and O–H groups in total. The van der Waals surface area contributed by atoms with Gasteiger partial charge in [-0.2, -0.15) is 10.1 Å². The number of rotatable bonds is 3. The van der Waals surface area contributed by atoms with Gasteiger partial charge in [0.2, 0.25) is 5.95 Å². The third-order valence-corrected chi connectivity index (χ3v) is 5.27. The van der Waals surface area contributed by atoms with Gasteiger partial charge in [-0.15, -0.1) is 0 Å². The maximum Gasteiger partial charge on any atom is 0.226 e. The van der Waals surface area contributed by atoms with E-state index in [4.69, 9.17) is 9.15 Å². The van der Waals surface area contributed by atoms with Crippen molar-refractivity contribution in [3.05, 3.63) is 72.1 Å². The van der Waals surface area contributed by atoms with E-state index in [0.29, 0.717) is 18.1 Å². The zero-order valence-corrected chi connectivity index (χ0v) is 14.7. The second kappa shape index (κ2) is 6.12. The van der Waals surface area contributed by atoms with Crippen molar-refractivity contribution in [1.29, 1.82) is 0 Å². The number of ether oxygens (including phenoxy) is 1. The quantitative estimate of drug-likeness (QED) is 0.771. The van der Waals surface area contributed by atoms with Crippen LogP contribution in [0.3, 0.4) is 0 Å². The highest BCUT2D eigenvalue weighted by Gasteiger charge is 2.44. The summed E-state index contributed by atoms with van der Waals surface area (Å²) in [6.07, 6.45) is 5.66. The number of hydrogen-bond acceptors (Lipinski definition) is 6. The minimum atomic E-state index is -0.361. The van der Waals surface area contributed by atoms with Crippen LogP contribution in [0.5, 0.6) is 5.75 Å². The highest BCUT2D eigenvalue weighted by atomic mass is 16.5. The molecule has 0 saturated heterocycles. The molecule has 1 aliphatic heterocycles. The molecule has 1 aliphatic carbocycles. The predicted molar refractivity (Wildman–Crippen MR) is 97.4 cm³/mol. The lowest BCUT2D eigenvalue weighted by molar-refractivity contribution is -0.123. The molecular formula is C20H18N4O3. The van der Waals surface area contributed by atoms with Gasteiger partial charge in [0, 0.05) is 18.0 Å². The van der Waals surface area contributed by atoms with E-state index in [1.807, 2.05) is 36.4 Å². The van der Waals surface area contributed by atoms with Crippen molar-refractivity contribution in [3.63, 3.8) is 0 Å². The minimum Gasteiger partial charge on any atom is -0.497 e. The molecule has 3 atom stereocenters. The van der Waals surface area contributed by atoms with Gasteiger partial charge in [0.25, 0.3) is 0 Å². The Morgan fingerprint density at radius 2 is 2.11 bits per heavy atom. The number of benzene rings is 1. The van der Waals surface area contributed by atoms with E-state index in [2.05, 4.69) is 21.5 Å². The number of hydrogen-bond donors (Lipinski definition) is 1. The maximum atomic E-state index is 13.2. The van der Waals surface area contributed by atoms with E-state index < -0.39 is 0 Å². The summed E-state index contributed by atoms with van der Waals surface area (Å²) in [7, 11) is 1.64. The summed E-state index contributed by atoms with van der Waals surface area (Å²) in [5, 5.41) is 7.59. The molecule has 5 rings (SSSR count). The molecule has 0 radical (unpaired) electrons. The average molecular weight is 362 g/mol. The molecule has 0 saturated carbocycles. The van der Waals surface area contributed by atoms with Gasteiger partial charge < -0.3 is 14.5 Å². The fourth-order valence-corrected chi connectivity index (χ4v) is 3.99. The number of aromatic nitrogens is 3. The first-order valence-corrected chi connectivity index (χ1v) is 8.83. The van der Waals surface area contributed by atoms with Gasteiger partial charge in [0.1, 0.15) is 29.7 Å². The van der Waals surface area contributed by atoms with Crippen LogP contribution in [0.2, 0.25) is 0 Å². The Hall–Kier alpha value is -3.35. The molecule has 0 unspecified atom stereocenters. The topological polar surface area (TPSA) is 82.2 Å². The number of methoxy groups -OCH3 is 1. The SMILES string of the molecule is COc1ccc([C@H]2C=C3Nc4ncnn4[C@H](c4ccco4)[C@H]3C(=O)C2)cc1. The second-order valence-electron chi connectivity index (χ2n) is 6.76. The van der Waals surface area contributed by atoms with Gasteiger partial charge in [-0.1, -0.05) is 18.2 Å². The van der Waals surface area contributed by atoms with Crippen molar-refractivity contribution in [2.45, 2.75) is 18.4 Å². The zero-order chi connectivity index (χ0) is 18.4. The lowest BCUT2D eigenvalue weighted by Crippen LogP contribution is -2.39. The van der Waals surface area contributed by atoms with Gasteiger partial charge in [0.05, 0.1) is 19.3 Å². The molecule has 3 heterocycles. The molecule has 0 spiro atoms. The van der Waals surface area contributed by atoms with Crippen LogP contribution in [0.15, 0.2) is 65.2 Å². The van der Waals surface area contributed by atoms with Crippen LogP contribution in [-0.4, -0.2) is 27.7 Å². The summed E-state index contributed by atoms with van der Waals surface area (Å²) in [4.78, 5) is 17.4. The lowest BCUT2D eigenvalue weighted by Gasteiger charge is -2.36. The van der Waals surface area contributed by atoms with Gasteiger partial charge in [-0.3, -0.25) is 4.79 Å². The molecule has 27 heavy (non-hydrogen) atoms. The first-order valence-electron chi connectivity index (χ1n) is 8.83. The van der Waals surface area contributed by atoms with Crippen LogP contribution in [0.25, 0.3) is 0 Å². The molecule has 0 amide bonds. The summed E-state index contributed by atoms with van der Waals surface area (Å²) in [6, 6.07) is 11.2. The number of fused-ring (bicyclic) bond motifs is 2. The number of ketones is 1. The molecule has 0 fully saturated rings. The number of allylic oxidation sites excluding steroid dienone is 2. The highest BCUT2D eigenvalue weighted by molar-refractivity contribution is 5.88. The van der Waals surface area contributed by atoms with E-state index in [0.717, 1.165) is 17.0 Å². The molecule has 136 valence electrons. The smallest absolute Gasteiger partial charge is 0.226 e. The summed E-state index contributed by atoms with van der Waals surface area (Å²) in [6.45, 7) is 0. The number of Topliss-reactive ketones (excluding diaryl/α,β-unsaturated/α-hetero) is 1. The van der Waals surface area contributed by atoms with Gasteiger partial charge >= 0.3 is 0 Å². The minimum absolute atomic E-state index is 0.00822. The van der Waals surface area contributed by atoms with E-state index in [-0.39, 0.29) is 23.7 Å². The lowest BCUT2D eigenvalue weighted by atomic mass is 9.77. The van der Waals surface area contributed by atoms with Crippen LogP contribution < -0.4 is 10.1 Å². The van der Waals surface area contributed by atoms with Crippen molar-refractivity contribution in [2.75, 3.05) is 12.4 Å². The third-order valence-electron chi connectivity index (χ3n) is 5.27. The van der Waals surface area contributed by atoms with Crippen LogP contribution in [0, 0.1) is 5.92 Å². The van der Waals surface area contributed by atoms with Crippen molar-refractivity contribution < 1.29 is 13.9 Å². The summed E-state index contributed by atoms with van der Waals surface area (Å²) in [5.74, 6) is 1.92. The molecule has 2 aliphatic rings. The number of anilines is 1. The normalized spacial score (nSPS) is 23.8. The first-order chi connectivity index (χ1) is 13.2. The third kappa shape index (κ3) is 2.54. The molecule has 0 bridgehead atoms. The molecule has 7 nitrogen and oxygen atoms in total. The Morgan fingerprint density at radius 1 is 1.26 bits per heavy atom. The molecule has 7 heteroatoms. The summed E-state index contributed by atoms with van der Waals surface area (Å²) >= 11 is 0. The summed E-state index contributed by atoms with van der Waals surface area (Å²) < 4.78 is 12.6. The predicted octanol–water partition coefficient (Wildman–Crippen LogP) is 3.15. The Balaban J connectivity index is 1.57. The standard InChI is InChI=1S/C20H18N4O3/c1-26-14-6-4-12(5-7-14)13-9-15-18(16(25)10-13)19(17-3-2-8-27-17)24-20(23-15)21-11-22-24/h2-9,11,13,18-19H,10H2,1H3,(H,21,22,23)/t13-,18+,19+/m0/s1. The number of nitrogens with one attached hydrogen (secondary N) is 1. The fraction of sp³-hybridized carbons (Fsp3) is 0.250. The number of carbonyl (C=O) groups is 1. The second-order valence-corrected chi connectivity index (χ2v) is 6.76. The first kappa shape index (κ1) is 15.9. The number of nitrogens with zero attached hydrogens (tertiary/aromatic N) is 3. The Labute approximate surface area is 155 Å². The monoisotopic (exact) mass is 362 g/mol.